The van der Waals surface area contributed by atoms with E-state index in [1.54, 1.807) is 6.07 Å². The van der Waals surface area contributed by atoms with Crippen LogP contribution < -0.4 is 5.32 Å². The first-order chi connectivity index (χ1) is 10.1. The molecule has 1 saturated heterocycles. The van der Waals surface area contributed by atoms with Gasteiger partial charge in [0.2, 0.25) is 0 Å². The number of rotatable bonds is 2. The summed E-state index contributed by atoms with van der Waals surface area (Å²) in [4.78, 5) is 14.3. The summed E-state index contributed by atoms with van der Waals surface area (Å²) >= 11 is 6.04. The Labute approximate surface area is 128 Å². The number of aromatic amines is 1. The van der Waals surface area contributed by atoms with Crippen LogP contribution in [0.5, 0.6) is 0 Å². The van der Waals surface area contributed by atoms with Crippen molar-refractivity contribution in [3.05, 3.63) is 52.3 Å². The Bertz CT molecular complexity index is 655. The molecule has 3 rings (SSSR count). The number of H-pyrrole nitrogens is 1. The van der Waals surface area contributed by atoms with Gasteiger partial charge in [0.25, 0.3) is 5.91 Å². The lowest BCUT2D eigenvalue weighted by Gasteiger charge is -2.33. The minimum Gasteiger partial charge on any atom is -0.334 e. The first kappa shape index (κ1) is 14.1. The van der Waals surface area contributed by atoms with Crippen LogP contribution in [-0.2, 0) is 0 Å². The van der Waals surface area contributed by atoms with Crippen molar-refractivity contribution in [3.63, 3.8) is 0 Å². The van der Waals surface area contributed by atoms with Crippen molar-refractivity contribution in [2.24, 2.45) is 0 Å². The monoisotopic (exact) mass is 304 g/mol. The molecule has 1 unspecified atom stereocenters. The number of benzene rings is 1. The molecule has 1 aromatic carbocycles. The standard InChI is InChI=1S/C15H17ClN4O/c1-10-7-13(19-18-10)15(21)20-6-5-17-14(9-20)11-3-2-4-12(16)8-11/h2-4,7-8,14,17H,5-6,9H2,1H3,(H,18,19). The lowest BCUT2D eigenvalue weighted by molar-refractivity contribution is 0.0697. The van der Waals surface area contributed by atoms with Gasteiger partial charge in [-0.15, -0.1) is 0 Å². The number of nitrogens with one attached hydrogen (secondary N) is 2. The zero-order chi connectivity index (χ0) is 14.8. The highest BCUT2D eigenvalue weighted by Gasteiger charge is 2.26. The third kappa shape index (κ3) is 3.09. The number of hydrogen-bond acceptors (Lipinski definition) is 3. The van der Waals surface area contributed by atoms with E-state index in [4.69, 9.17) is 11.6 Å². The Morgan fingerprint density at radius 3 is 3.00 bits per heavy atom. The zero-order valence-electron chi connectivity index (χ0n) is 11.8. The van der Waals surface area contributed by atoms with Crippen LogP contribution in [0.15, 0.2) is 30.3 Å². The Morgan fingerprint density at radius 2 is 2.29 bits per heavy atom. The maximum Gasteiger partial charge on any atom is 0.274 e. The molecule has 6 heteroatoms. The Kier molecular flexibility index (Phi) is 3.94. The molecular weight excluding hydrogens is 288 g/mol. The molecule has 1 aliphatic heterocycles. The summed E-state index contributed by atoms with van der Waals surface area (Å²) in [5.74, 6) is -0.0344. The number of nitrogens with zero attached hydrogens (tertiary/aromatic N) is 2. The van der Waals surface area contributed by atoms with Crippen molar-refractivity contribution < 1.29 is 4.79 Å². The predicted molar refractivity (Wildman–Crippen MR) is 81.4 cm³/mol. The largest absolute Gasteiger partial charge is 0.334 e. The zero-order valence-corrected chi connectivity index (χ0v) is 12.5. The third-order valence-electron chi connectivity index (χ3n) is 3.64. The van der Waals surface area contributed by atoms with Gasteiger partial charge in [-0.2, -0.15) is 5.10 Å². The molecule has 2 aromatic rings. The van der Waals surface area contributed by atoms with Crippen molar-refractivity contribution >= 4 is 17.5 Å². The molecular formula is C15H17ClN4O. The SMILES string of the molecule is Cc1cc(C(=O)N2CCNC(c3cccc(Cl)c3)C2)n[nH]1. The van der Waals surface area contributed by atoms with Gasteiger partial charge in [0.05, 0.1) is 6.04 Å². The summed E-state index contributed by atoms with van der Waals surface area (Å²) in [5, 5.41) is 11.0. The maximum absolute atomic E-state index is 12.4. The number of piperazine rings is 1. The average molecular weight is 305 g/mol. The van der Waals surface area contributed by atoms with Crippen LogP contribution in [0.2, 0.25) is 5.02 Å². The van der Waals surface area contributed by atoms with Crippen LogP contribution in [0.1, 0.15) is 27.8 Å². The van der Waals surface area contributed by atoms with Crippen molar-refractivity contribution in [1.82, 2.24) is 20.4 Å². The highest BCUT2D eigenvalue weighted by Crippen LogP contribution is 2.21. The molecule has 0 bridgehead atoms. The molecule has 1 atom stereocenters. The van der Waals surface area contributed by atoms with Gasteiger partial charge in [-0.3, -0.25) is 9.89 Å². The minimum atomic E-state index is -0.0344. The highest BCUT2D eigenvalue weighted by molar-refractivity contribution is 6.30. The summed E-state index contributed by atoms with van der Waals surface area (Å²) in [6.07, 6.45) is 0. The van der Waals surface area contributed by atoms with E-state index in [0.717, 1.165) is 17.8 Å². The smallest absolute Gasteiger partial charge is 0.274 e. The molecule has 21 heavy (non-hydrogen) atoms. The lowest BCUT2D eigenvalue weighted by Crippen LogP contribution is -2.48. The van der Waals surface area contributed by atoms with E-state index >= 15 is 0 Å². The number of halogens is 1. The molecule has 1 fully saturated rings. The average Bonchev–Trinajstić information content (AvgIpc) is 2.93. The van der Waals surface area contributed by atoms with Gasteiger partial charge in [-0.05, 0) is 30.7 Å². The first-order valence-corrected chi connectivity index (χ1v) is 7.31. The molecule has 1 aliphatic rings. The molecule has 1 aromatic heterocycles. The van der Waals surface area contributed by atoms with Crippen molar-refractivity contribution in [2.45, 2.75) is 13.0 Å². The second-order valence-corrected chi connectivity index (χ2v) is 5.69. The Balaban J connectivity index is 1.75. The van der Waals surface area contributed by atoms with E-state index in [-0.39, 0.29) is 11.9 Å². The van der Waals surface area contributed by atoms with Crippen LogP contribution in [-0.4, -0.2) is 40.6 Å². The third-order valence-corrected chi connectivity index (χ3v) is 3.87. The van der Waals surface area contributed by atoms with Crippen LogP contribution >= 0.6 is 11.6 Å². The van der Waals surface area contributed by atoms with Gasteiger partial charge >= 0.3 is 0 Å². The lowest BCUT2D eigenvalue weighted by atomic mass is 10.0. The molecule has 110 valence electrons. The van der Waals surface area contributed by atoms with E-state index in [9.17, 15) is 4.79 Å². The van der Waals surface area contributed by atoms with Gasteiger partial charge in [-0.1, -0.05) is 23.7 Å². The summed E-state index contributed by atoms with van der Waals surface area (Å²) in [6, 6.07) is 9.61. The van der Waals surface area contributed by atoms with E-state index in [0.29, 0.717) is 23.8 Å². The molecule has 2 N–H and O–H groups in total. The maximum atomic E-state index is 12.4. The fraction of sp³-hybridized carbons (Fsp3) is 0.333. The summed E-state index contributed by atoms with van der Waals surface area (Å²) < 4.78 is 0. The van der Waals surface area contributed by atoms with E-state index < -0.39 is 0 Å². The number of carbonyl (C=O) groups is 1. The summed E-state index contributed by atoms with van der Waals surface area (Å²) in [7, 11) is 0. The number of aromatic nitrogens is 2. The van der Waals surface area contributed by atoms with Gasteiger partial charge < -0.3 is 10.2 Å². The topological polar surface area (TPSA) is 61.0 Å². The normalized spacial score (nSPS) is 18.8. The predicted octanol–water partition coefficient (Wildman–Crippen LogP) is 2.16. The summed E-state index contributed by atoms with van der Waals surface area (Å²) in [6.45, 7) is 3.94. The molecule has 0 aliphatic carbocycles. The minimum absolute atomic E-state index is 0.0344. The van der Waals surface area contributed by atoms with Crippen LogP contribution in [0.4, 0.5) is 0 Å². The van der Waals surface area contributed by atoms with Gasteiger partial charge in [0.15, 0.2) is 0 Å². The van der Waals surface area contributed by atoms with E-state index in [1.807, 2.05) is 36.1 Å². The van der Waals surface area contributed by atoms with Gasteiger partial charge in [0.1, 0.15) is 5.69 Å². The van der Waals surface area contributed by atoms with E-state index in [1.165, 1.54) is 0 Å². The molecule has 0 spiro atoms. The number of carbonyl (C=O) groups excluding carboxylic acids is 1. The molecule has 5 nitrogen and oxygen atoms in total. The highest BCUT2D eigenvalue weighted by atomic mass is 35.5. The Morgan fingerprint density at radius 1 is 1.43 bits per heavy atom. The number of amides is 1. The van der Waals surface area contributed by atoms with E-state index in [2.05, 4.69) is 15.5 Å². The fourth-order valence-electron chi connectivity index (χ4n) is 2.57. The number of aryl methyl sites for hydroxylation is 1. The first-order valence-electron chi connectivity index (χ1n) is 6.93. The molecule has 0 saturated carbocycles. The van der Waals surface area contributed by atoms with Crippen LogP contribution in [0, 0.1) is 6.92 Å². The van der Waals surface area contributed by atoms with Crippen LogP contribution in [0.25, 0.3) is 0 Å². The molecule has 2 heterocycles. The number of hydrogen-bond donors (Lipinski definition) is 2. The molecule has 1 amide bonds. The molecule has 0 radical (unpaired) electrons. The Hall–Kier alpha value is -1.85. The van der Waals surface area contributed by atoms with Crippen molar-refractivity contribution in [3.8, 4) is 0 Å². The van der Waals surface area contributed by atoms with Gasteiger partial charge in [-0.25, -0.2) is 0 Å². The van der Waals surface area contributed by atoms with Crippen molar-refractivity contribution in [1.29, 1.82) is 0 Å². The second kappa shape index (κ2) is 5.87. The summed E-state index contributed by atoms with van der Waals surface area (Å²) in [5.41, 5.74) is 2.46. The van der Waals surface area contributed by atoms with Gasteiger partial charge in [0, 0.05) is 30.4 Å². The fourth-order valence-corrected chi connectivity index (χ4v) is 2.77. The van der Waals surface area contributed by atoms with Crippen LogP contribution in [0.3, 0.4) is 0 Å². The second-order valence-electron chi connectivity index (χ2n) is 5.25. The quantitative estimate of drug-likeness (QED) is 0.894. The van der Waals surface area contributed by atoms with Crippen molar-refractivity contribution in [2.75, 3.05) is 19.6 Å².